The lowest BCUT2D eigenvalue weighted by Crippen LogP contribution is -2.31. The average Bonchev–Trinajstić information content (AvgIpc) is 2.79. The van der Waals surface area contributed by atoms with Crippen molar-refractivity contribution in [2.75, 3.05) is 13.2 Å². The van der Waals surface area contributed by atoms with Gasteiger partial charge in [-0.2, -0.15) is 0 Å². The van der Waals surface area contributed by atoms with Gasteiger partial charge in [0.25, 0.3) is 5.91 Å². The number of hydrogen-bond acceptors (Lipinski definition) is 3. The van der Waals surface area contributed by atoms with Crippen LogP contribution in [0, 0.1) is 0 Å². The summed E-state index contributed by atoms with van der Waals surface area (Å²) in [6, 6.07) is 1.60. The van der Waals surface area contributed by atoms with Crippen molar-refractivity contribution >= 4 is 17.5 Å². The summed E-state index contributed by atoms with van der Waals surface area (Å²) in [6.45, 7) is 1.32. The van der Waals surface area contributed by atoms with Crippen LogP contribution in [0.5, 0.6) is 0 Å². The molecule has 1 aliphatic rings. The molecule has 4 nitrogen and oxygen atoms in total. The molecule has 0 spiro atoms. The summed E-state index contributed by atoms with van der Waals surface area (Å²) in [5, 5.41) is 3.21. The molecule has 0 bridgehead atoms. The fourth-order valence-electron chi connectivity index (χ4n) is 1.65. The highest BCUT2D eigenvalue weighted by Crippen LogP contribution is 2.14. The van der Waals surface area contributed by atoms with Crippen molar-refractivity contribution in [3.05, 3.63) is 29.0 Å². The molecule has 1 fully saturated rings. The third-order valence-electron chi connectivity index (χ3n) is 2.53. The first-order valence-electron chi connectivity index (χ1n) is 5.26. The number of carbonyl (C=O) groups is 1. The number of amides is 1. The van der Waals surface area contributed by atoms with Crippen LogP contribution in [0.15, 0.2) is 18.5 Å². The Hall–Kier alpha value is -1.13. The van der Waals surface area contributed by atoms with E-state index in [1.807, 2.05) is 0 Å². The fourth-order valence-corrected chi connectivity index (χ4v) is 1.84. The molecule has 16 heavy (non-hydrogen) atoms. The molecule has 86 valence electrons. The highest BCUT2D eigenvalue weighted by Gasteiger charge is 2.17. The standard InChI is InChI=1S/C11H13ClN2O2/c12-10-3-4-13-7-9(10)11(15)14-6-8-2-1-5-16-8/h3-4,7-8H,1-2,5-6H2,(H,14,15). The van der Waals surface area contributed by atoms with Gasteiger partial charge in [-0.05, 0) is 18.9 Å². The van der Waals surface area contributed by atoms with Gasteiger partial charge in [0.1, 0.15) is 0 Å². The molecule has 5 heteroatoms. The van der Waals surface area contributed by atoms with Gasteiger partial charge in [0.2, 0.25) is 0 Å². The monoisotopic (exact) mass is 240 g/mol. The van der Waals surface area contributed by atoms with E-state index in [-0.39, 0.29) is 12.0 Å². The molecule has 1 N–H and O–H groups in total. The van der Waals surface area contributed by atoms with E-state index < -0.39 is 0 Å². The fraction of sp³-hybridized carbons (Fsp3) is 0.455. The van der Waals surface area contributed by atoms with Crippen molar-refractivity contribution < 1.29 is 9.53 Å². The molecule has 1 aromatic heterocycles. The molecule has 1 aliphatic heterocycles. The van der Waals surface area contributed by atoms with Crippen LogP contribution in [0.3, 0.4) is 0 Å². The largest absolute Gasteiger partial charge is 0.376 e. The predicted molar refractivity (Wildman–Crippen MR) is 60.6 cm³/mol. The van der Waals surface area contributed by atoms with Gasteiger partial charge in [-0.15, -0.1) is 0 Å². The maximum Gasteiger partial charge on any atom is 0.254 e. The number of halogens is 1. The summed E-state index contributed by atoms with van der Waals surface area (Å²) in [5.41, 5.74) is 0.405. The maximum absolute atomic E-state index is 11.7. The first kappa shape index (κ1) is 11.4. The second-order valence-corrected chi connectivity index (χ2v) is 4.11. The van der Waals surface area contributed by atoms with Crippen molar-refractivity contribution in [3.63, 3.8) is 0 Å². The topological polar surface area (TPSA) is 51.2 Å². The second-order valence-electron chi connectivity index (χ2n) is 3.70. The summed E-state index contributed by atoms with van der Waals surface area (Å²) in [6.07, 6.45) is 5.22. The zero-order valence-electron chi connectivity index (χ0n) is 8.78. The molecule has 1 atom stereocenters. The average molecular weight is 241 g/mol. The molecule has 0 aliphatic carbocycles. The summed E-state index contributed by atoms with van der Waals surface area (Å²) in [5.74, 6) is -0.200. The Bertz CT molecular complexity index is 378. The van der Waals surface area contributed by atoms with Crippen LogP contribution in [0.25, 0.3) is 0 Å². The number of nitrogens with zero attached hydrogens (tertiary/aromatic N) is 1. The molecule has 0 radical (unpaired) electrons. The molecule has 1 aromatic rings. The first-order valence-corrected chi connectivity index (χ1v) is 5.64. The number of hydrogen-bond donors (Lipinski definition) is 1. The summed E-state index contributed by atoms with van der Waals surface area (Å²) in [4.78, 5) is 15.6. The SMILES string of the molecule is O=C(NCC1CCCO1)c1cnccc1Cl. The number of ether oxygens (including phenoxy) is 1. The molecule has 0 saturated carbocycles. The van der Waals surface area contributed by atoms with Gasteiger partial charge in [-0.1, -0.05) is 11.6 Å². The van der Waals surface area contributed by atoms with Gasteiger partial charge < -0.3 is 10.1 Å². The zero-order valence-corrected chi connectivity index (χ0v) is 9.54. The number of nitrogens with one attached hydrogen (secondary N) is 1. The molecule has 1 saturated heterocycles. The molecule has 2 heterocycles. The van der Waals surface area contributed by atoms with Crippen LogP contribution in [-0.4, -0.2) is 30.1 Å². The third-order valence-corrected chi connectivity index (χ3v) is 2.86. The lowest BCUT2D eigenvalue weighted by molar-refractivity contribution is 0.0857. The quantitative estimate of drug-likeness (QED) is 0.874. The van der Waals surface area contributed by atoms with Crippen LogP contribution in [-0.2, 0) is 4.74 Å². The minimum absolute atomic E-state index is 0.138. The van der Waals surface area contributed by atoms with Gasteiger partial charge in [-0.25, -0.2) is 0 Å². The number of rotatable bonds is 3. The second kappa shape index (κ2) is 5.27. The highest BCUT2D eigenvalue weighted by molar-refractivity contribution is 6.33. The number of aromatic nitrogens is 1. The third kappa shape index (κ3) is 2.71. The van der Waals surface area contributed by atoms with Crippen LogP contribution >= 0.6 is 11.6 Å². The minimum Gasteiger partial charge on any atom is -0.376 e. The first-order chi connectivity index (χ1) is 7.77. The smallest absolute Gasteiger partial charge is 0.254 e. The van der Waals surface area contributed by atoms with E-state index in [1.165, 1.54) is 6.20 Å². The number of carbonyl (C=O) groups excluding carboxylic acids is 1. The van der Waals surface area contributed by atoms with Crippen molar-refractivity contribution in [2.45, 2.75) is 18.9 Å². The van der Waals surface area contributed by atoms with E-state index in [4.69, 9.17) is 16.3 Å². The van der Waals surface area contributed by atoms with Gasteiger partial charge >= 0.3 is 0 Å². The summed E-state index contributed by atoms with van der Waals surface area (Å²) < 4.78 is 5.41. The van der Waals surface area contributed by atoms with E-state index in [1.54, 1.807) is 12.3 Å². The summed E-state index contributed by atoms with van der Waals surface area (Å²) >= 11 is 5.88. The molecule has 2 rings (SSSR count). The molecular formula is C11H13ClN2O2. The van der Waals surface area contributed by atoms with Gasteiger partial charge in [0.15, 0.2) is 0 Å². The van der Waals surface area contributed by atoms with E-state index >= 15 is 0 Å². The molecule has 1 amide bonds. The van der Waals surface area contributed by atoms with Crippen molar-refractivity contribution in [3.8, 4) is 0 Å². The highest BCUT2D eigenvalue weighted by atomic mass is 35.5. The van der Waals surface area contributed by atoms with Crippen LogP contribution in [0.1, 0.15) is 23.2 Å². The summed E-state index contributed by atoms with van der Waals surface area (Å²) in [7, 11) is 0. The molecular weight excluding hydrogens is 228 g/mol. The Labute approximate surface area is 99.0 Å². The van der Waals surface area contributed by atoms with E-state index in [2.05, 4.69) is 10.3 Å². The van der Waals surface area contributed by atoms with Crippen molar-refractivity contribution in [1.82, 2.24) is 10.3 Å². The van der Waals surface area contributed by atoms with Crippen molar-refractivity contribution in [1.29, 1.82) is 0 Å². The predicted octanol–water partition coefficient (Wildman–Crippen LogP) is 1.64. The normalized spacial score (nSPS) is 19.7. The van der Waals surface area contributed by atoms with E-state index in [0.717, 1.165) is 19.4 Å². The Kier molecular flexibility index (Phi) is 3.74. The zero-order chi connectivity index (χ0) is 11.4. The Balaban J connectivity index is 1.90. The van der Waals surface area contributed by atoms with Crippen LogP contribution in [0.4, 0.5) is 0 Å². The Morgan fingerprint density at radius 1 is 1.69 bits per heavy atom. The minimum atomic E-state index is -0.200. The van der Waals surface area contributed by atoms with Gasteiger partial charge in [0.05, 0.1) is 16.7 Å². The maximum atomic E-state index is 11.7. The Morgan fingerprint density at radius 2 is 2.56 bits per heavy atom. The van der Waals surface area contributed by atoms with Crippen LogP contribution in [0.2, 0.25) is 5.02 Å². The van der Waals surface area contributed by atoms with E-state index in [9.17, 15) is 4.79 Å². The molecule has 1 unspecified atom stereocenters. The van der Waals surface area contributed by atoms with Gasteiger partial charge in [-0.3, -0.25) is 9.78 Å². The lowest BCUT2D eigenvalue weighted by Gasteiger charge is -2.10. The lowest BCUT2D eigenvalue weighted by atomic mass is 10.2. The van der Waals surface area contributed by atoms with E-state index in [0.29, 0.717) is 17.1 Å². The Morgan fingerprint density at radius 3 is 3.25 bits per heavy atom. The van der Waals surface area contributed by atoms with Crippen molar-refractivity contribution in [2.24, 2.45) is 0 Å². The van der Waals surface area contributed by atoms with Gasteiger partial charge in [0, 0.05) is 25.5 Å². The molecule has 0 aromatic carbocycles. The van der Waals surface area contributed by atoms with Crippen LogP contribution < -0.4 is 5.32 Å². The number of pyridine rings is 1.